The van der Waals surface area contributed by atoms with Crippen LogP contribution in [0.4, 0.5) is 4.79 Å². The lowest BCUT2D eigenvalue weighted by atomic mass is 9.98. The highest BCUT2D eigenvalue weighted by molar-refractivity contribution is 9.10. The highest BCUT2D eigenvalue weighted by Crippen LogP contribution is 2.44. The second-order valence-corrected chi connectivity index (χ2v) is 10.6. The molecule has 4 aromatic rings. The molecule has 1 N–H and O–H groups in total. The lowest BCUT2D eigenvalue weighted by Crippen LogP contribution is -2.29. The third kappa shape index (κ3) is 5.31. The van der Waals surface area contributed by atoms with E-state index in [1.807, 2.05) is 31.2 Å². The van der Waals surface area contributed by atoms with Gasteiger partial charge in [-0.2, -0.15) is 0 Å². The average molecular weight is 545 g/mol. The van der Waals surface area contributed by atoms with E-state index in [9.17, 15) is 4.79 Å². The maximum Gasteiger partial charge on any atom is 0.407 e. The van der Waals surface area contributed by atoms with Crippen molar-refractivity contribution >= 4 is 33.8 Å². The predicted octanol–water partition coefficient (Wildman–Crippen LogP) is 8.34. The largest absolute Gasteiger partial charge is 0.449 e. The summed E-state index contributed by atoms with van der Waals surface area (Å²) in [5.41, 5.74) is 7.17. The standard InChI is InChI=1S/C30H26BrNO2S/c1-20(27-17-22(15-16-29(27)31)35-19-21-9-3-2-4-10-21)32-30(33)34-18-28-25-13-7-5-11-23(25)24-12-6-8-14-26(24)28/h2-17,20,28H,18-19H2,1H3,(H,32,33)/t20-/m1/s1. The van der Waals surface area contributed by atoms with Crippen molar-refractivity contribution in [2.45, 2.75) is 29.5 Å². The van der Waals surface area contributed by atoms with Crippen LogP contribution in [-0.2, 0) is 10.5 Å². The van der Waals surface area contributed by atoms with E-state index in [2.05, 4.69) is 94.0 Å². The van der Waals surface area contributed by atoms with Crippen molar-refractivity contribution in [1.82, 2.24) is 5.32 Å². The minimum absolute atomic E-state index is 0.0490. The number of fused-ring (bicyclic) bond motifs is 3. The van der Waals surface area contributed by atoms with Crippen LogP contribution in [0.5, 0.6) is 0 Å². The van der Waals surface area contributed by atoms with Crippen LogP contribution in [0.2, 0.25) is 0 Å². The molecule has 0 bridgehead atoms. The zero-order chi connectivity index (χ0) is 24.2. The number of rotatable bonds is 7. The summed E-state index contributed by atoms with van der Waals surface area (Å²) in [4.78, 5) is 13.9. The number of hydrogen-bond donors (Lipinski definition) is 1. The molecule has 176 valence electrons. The van der Waals surface area contributed by atoms with Gasteiger partial charge in [-0.25, -0.2) is 4.79 Å². The lowest BCUT2D eigenvalue weighted by molar-refractivity contribution is 0.139. The molecule has 1 aliphatic rings. The fourth-order valence-corrected chi connectivity index (χ4v) is 6.07. The molecule has 0 fully saturated rings. The normalized spacial score (nSPS) is 13.1. The molecule has 0 saturated heterocycles. The van der Waals surface area contributed by atoms with Crippen LogP contribution in [0.15, 0.2) is 106 Å². The molecule has 1 amide bonds. The van der Waals surface area contributed by atoms with Crippen molar-refractivity contribution in [3.8, 4) is 11.1 Å². The van der Waals surface area contributed by atoms with Crippen LogP contribution in [0.25, 0.3) is 11.1 Å². The monoisotopic (exact) mass is 543 g/mol. The Morgan fingerprint density at radius 2 is 1.54 bits per heavy atom. The number of ether oxygens (including phenoxy) is 1. The minimum Gasteiger partial charge on any atom is -0.449 e. The van der Waals surface area contributed by atoms with Crippen molar-refractivity contribution in [1.29, 1.82) is 0 Å². The first-order chi connectivity index (χ1) is 17.1. The fourth-order valence-electron chi connectivity index (χ4n) is 4.58. The summed E-state index contributed by atoms with van der Waals surface area (Å²) in [5, 5.41) is 3.01. The SMILES string of the molecule is C[C@@H](NC(=O)OCC1c2ccccc2-c2ccccc21)c1cc(SCc2ccccc2)ccc1Br. The van der Waals surface area contributed by atoms with E-state index in [-0.39, 0.29) is 12.0 Å². The first kappa shape index (κ1) is 23.7. The van der Waals surface area contributed by atoms with Crippen LogP contribution in [-0.4, -0.2) is 12.7 Å². The Labute approximate surface area is 219 Å². The molecular formula is C30H26BrNO2S. The van der Waals surface area contributed by atoms with Crippen LogP contribution in [0, 0.1) is 0 Å². The summed E-state index contributed by atoms with van der Waals surface area (Å²) in [5.74, 6) is 0.948. The fraction of sp³-hybridized carbons (Fsp3) is 0.167. The molecule has 35 heavy (non-hydrogen) atoms. The molecule has 0 spiro atoms. The predicted molar refractivity (Wildman–Crippen MR) is 147 cm³/mol. The van der Waals surface area contributed by atoms with Crippen molar-refractivity contribution < 1.29 is 9.53 Å². The number of alkyl carbamates (subject to hydrolysis) is 1. The third-order valence-corrected chi connectivity index (χ3v) is 8.15. The van der Waals surface area contributed by atoms with Crippen LogP contribution in [0.3, 0.4) is 0 Å². The maximum absolute atomic E-state index is 12.8. The van der Waals surface area contributed by atoms with Gasteiger partial charge in [-0.1, -0.05) is 94.8 Å². The van der Waals surface area contributed by atoms with Crippen molar-refractivity contribution in [3.63, 3.8) is 0 Å². The van der Waals surface area contributed by atoms with E-state index < -0.39 is 6.09 Å². The van der Waals surface area contributed by atoms with Gasteiger partial charge >= 0.3 is 6.09 Å². The summed E-state index contributed by atoms with van der Waals surface area (Å²) in [6.07, 6.45) is -0.409. The topological polar surface area (TPSA) is 38.3 Å². The van der Waals surface area contributed by atoms with Gasteiger partial charge in [0.1, 0.15) is 6.61 Å². The molecule has 0 heterocycles. The van der Waals surface area contributed by atoms with E-state index in [0.717, 1.165) is 20.7 Å². The second-order valence-electron chi connectivity index (χ2n) is 8.65. The minimum atomic E-state index is -0.409. The summed E-state index contributed by atoms with van der Waals surface area (Å²) < 4.78 is 6.70. The number of nitrogens with one attached hydrogen (secondary N) is 1. The van der Waals surface area contributed by atoms with Gasteiger partial charge in [0.05, 0.1) is 6.04 Å². The first-order valence-electron chi connectivity index (χ1n) is 11.7. The highest BCUT2D eigenvalue weighted by Gasteiger charge is 2.29. The van der Waals surface area contributed by atoms with Gasteiger partial charge in [0.15, 0.2) is 0 Å². The number of hydrogen-bond acceptors (Lipinski definition) is 3. The van der Waals surface area contributed by atoms with Crippen molar-refractivity contribution in [2.75, 3.05) is 6.61 Å². The van der Waals surface area contributed by atoms with Gasteiger partial charge in [0, 0.05) is 21.0 Å². The van der Waals surface area contributed by atoms with Crippen molar-refractivity contribution in [2.24, 2.45) is 0 Å². The van der Waals surface area contributed by atoms with Crippen molar-refractivity contribution in [3.05, 3.63) is 124 Å². The van der Waals surface area contributed by atoms with Crippen LogP contribution >= 0.6 is 27.7 Å². The summed E-state index contributed by atoms with van der Waals surface area (Å²) in [7, 11) is 0. The van der Waals surface area contributed by atoms with E-state index in [4.69, 9.17) is 4.74 Å². The number of carbonyl (C=O) groups is 1. The van der Waals surface area contributed by atoms with Gasteiger partial charge in [-0.3, -0.25) is 0 Å². The number of benzene rings is 4. The Bertz CT molecular complexity index is 1300. The second kappa shape index (κ2) is 10.7. The molecule has 0 aliphatic heterocycles. The summed E-state index contributed by atoms with van der Waals surface area (Å²) in [6.45, 7) is 2.29. The molecule has 5 rings (SSSR count). The molecule has 3 nitrogen and oxygen atoms in total. The Balaban J connectivity index is 1.22. The summed E-state index contributed by atoms with van der Waals surface area (Å²) >= 11 is 5.43. The lowest BCUT2D eigenvalue weighted by Gasteiger charge is -2.19. The quantitative estimate of drug-likeness (QED) is 0.238. The molecule has 5 heteroatoms. The molecular weight excluding hydrogens is 518 g/mol. The molecule has 1 atom stereocenters. The van der Waals surface area contributed by atoms with Crippen LogP contribution < -0.4 is 5.32 Å². The first-order valence-corrected chi connectivity index (χ1v) is 13.5. The molecule has 0 radical (unpaired) electrons. The average Bonchev–Trinajstić information content (AvgIpc) is 3.21. The zero-order valence-electron chi connectivity index (χ0n) is 19.4. The zero-order valence-corrected chi connectivity index (χ0v) is 21.8. The smallest absolute Gasteiger partial charge is 0.407 e. The Kier molecular flexibility index (Phi) is 7.26. The van der Waals surface area contributed by atoms with E-state index in [1.54, 1.807) is 11.8 Å². The summed E-state index contributed by atoms with van der Waals surface area (Å²) in [6, 6.07) is 33.2. The third-order valence-electron chi connectivity index (χ3n) is 6.36. The number of carbonyl (C=O) groups excluding carboxylic acids is 1. The van der Waals surface area contributed by atoms with E-state index >= 15 is 0 Å². The number of halogens is 1. The Hall–Kier alpha value is -3.02. The molecule has 0 aromatic heterocycles. The van der Waals surface area contributed by atoms with Gasteiger partial charge in [0.25, 0.3) is 0 Å². The molecule has 4 aromatic carbocycles. The Morgan fingerprint density at radius 1 is 0.914 bits per heavy atom. The maximum atomic E-state index is 12.8. The molecule has 0 saturated carbocycles. The van der Waals surface area contributed by atoms with Gasteiger partial charge in [-0.15, -0.1) is 11.8 Å². The van der Waals surface area contributed by atoms with Gasteiger partial charge in [0.2, 0.25) is 0 Å². The van der Waals surface area contributed by atoms with E-state index in [1.165, 1.54) is 27.8 Å². The van der Waals surface area contributed by atoms with Crippen LogP contribution in [0.1, 0.15) is 41.1 Å². The van der Waals surface area contributed by atoms with E-state index in [0.29, 0.717) is 6.61 Å². The highest BCUT2D eigenvalue weighted by atomic mass is 79.9. The Morgan fingerprint density at radius 3 is 2.23 bits per heavy atom. The van der Waals surface area contributed by atoms with Gasteiger partial charge in [-0.05, 0) is 58.5 Å². The molecule has 0 unspecified atom stereocenters. The number of amides is 1. The van der Waals surface area contributed by atoms with Gasteiger partial charge < -0.3 is 10.1 Å². The molecule has 1 aliphatic carbocycles. The number of thioether (sulfide) groups is 1.